The van der Waals surface area contributed by atoms with Gasteiger partial charge in [0, 0.05) is 23.0 Å². The number of hydrogen-bond donors (Lipinski definition) is 0. The molecule has 106 valence electrons. The fourth-order valence-electron chi connectivity index (χ4n) is 3.07. The molecule has 3 nitrogen and oxygen atoms in total. The number of nitriles is 1. The van der Waals surface area contributed by atoms with E-state index >= 15 is 0 Å². The largest absolute Gasteiger partial charge is 0.497 e. The van der Waals surface area contributed by atoms with Crippen molar-refractivity contribution in [3.63, 3.8) is 0 Å². The molecule has 0 N–H and O–H groups in total. The summed E-state index contributed by atoms with van der Waals surface area (Å²) in [5.41, 5.74) is 2.99. The van der Waals surface area contributed by atoms with Crippen molar-refractivity contribution in [3.8, 4) is 17.6 Å². The van der Waals surface area contributed by atoms with E-state index in [9.17, 15) is 5.26 Å². The fraction of sp³-hybridized carbons (Fsp3) is 0.278. The highest BCUT2D eigenvalue weighted by atomic mass is 16.5. The molecule has 0 saturated carbocycles. The molecule has 0 fully saturated rings. The number of methoxy groups -OCH3 is 2. The lowest BCUT2D eigenvalue weighted by Crippen LogP contribution is -1.95. The highest BCUT2D eigenvalue weighted by Crippen LogP contribution is 2.44. The van der Waals surface area contributed by atoms with Gasteiger partial charge in [-0.2, -0.15) is 5.26 Å². The van der Waals surface area contributed by atoms with Gasteiger partial charge in [-0.15, -0.1) is 0 Å². The van der Waals surface area contributed by atoms with Crippen LogP contribution >= 0.6 is 0 Å². The molecule has 0 spiro atoms. The number of benzene rings is 1. The SMILES string of the molecule is COc1ccc(OC)c(/C=C\C2=C(C#N)[C@H]3C=C[C@H]2C3)c1. The van der Waals surface area contributed by atoms with E-state index in [0.29, 0.717) is 11.8 Å². The van der Waals surface area contributed by atoms with Gasteiger partial charge in [0.25, 0.3) is 0 Å². The van der Waals surface area contributed by atoms with Crippen LogP contribution in [0.15, 0.2) is 47.6 Å². The molecule has 0 aliphatic heterocycles. The topological polar surface area (TPSA) is 42.2 Å². The minimum Gasteiger partial charge on any atom is -0.497 e. The van der Waals surface area contributed by atoms with E-state index in [0.717, 1.165) is 34.6 Å². The highest BCUT2D eigenvalue weighted by molar-refractivity contribution is 5.64. The standard InChI is InChI=1S/C18H17NO2/c1-20-15-6-8-18(21-2)14(10-15)5-7-16-12-3-4-13(9-12)17(16)11-19/h3-8,10,12-13H,9H2,1-2H3/b7-5-/t12-,13-/m0/s1. The molecule has 2 atom stereocenters. The summed E-state index contributed by atoms with van der Waals surface area (Å²) >= 11 is 0. The van der Waals surface area contributed by atoms with Gasteiger partial charge in [0.05, 0.1) is 20.3 Å². The van der Waals surface area contributed by atoms with Crippen molar-refractivity contribution >= 4 is 6.08 Å². The molecular weight excluding hydrogens is 262 g/mol. The van der Waals surface area contributed by atoms with Gasteiger partial charge >= 0.3 is 0 Å². The number of hydrogen-bond acceptors (Lipinski definition) is 3. The second-order valence-electron chi connectivity index (χ2n) is 5.26. The van der Waals surface area contributed by atoms with Crippen molar-refractivity contribution in [2.45, 2.75) is 6.42 Å². The Kier molecular flexibility index (Phi) is 3.53. The average Bonchev–Trinajstić information content (AvgIpc) is 3.13. The van der Waals surface area contributed by atoms with Gasteiger partial charge in [-0.05, 0) is 30.2 Å². The first kappa shape index (κ1) is 13.5. The molecule has 21 heavy (non-hydrogen) atoms. The molecule has 0 amide bonds. The molecular formula is C18H17NO2. The normalized spacial score (nSPS) is 22.9. The summed E-state index contributed by atoms with van der Waals surface area (Å²) in [6.45, 7) is 0. The van der Waals surface area contributed by atoms with E-state index < -0.39 is 0 Å². The molecule has 1 aromatic rings. The zero-order chi connectivity index (χ0) is 14.8. The zero-order valence-electron chi connectivity index (χ0n) is 12.2. The van der Waals surface area contributed by atoms with Gasteiger partial charge in [-0.25, -0.2) is 0 Å². The van der Waals surface area contributed by atoms with Gasteiger partial charge in [-0.3, -0.25) is 0 Å². The Morgan fingerprint density at radius 1 is 1.14 bits per heavy atom. The van der Waals surface area contributed by atoms with Crippen LogP contribution in [0.25, 0.3) is 6.08 Å². The third-order valence-corrected chi connectivity index (χ3v) is 4.16. The van der Waals surface area contributed by atoms with Gasteiger partial charge in [0.15, 0.2) is 0 Å². The summed E-state index contributed by atoms with van der Waals surface area (Å²) in [4.78, 5) is 0. The summed E-state index contributed by atoms with van der Waals surface area (Å²) in [5, 5.41) is 9.32. The molecule has 1 aromatic carbocycles. The Morgan fingerprint density at radius 2 is 1.95 bits per heavy atom. The molecule has 0 heterocycles. The average molecular weight is 279 g/mol. The maximum Gasteiger partial charge on any atom is 0.126 e. The first-order valence-corrected chi connectivity index (χ1v) is 6.99. The van der Waals surface area contributed by atoms with Crippen LogP contribution in [0.1, 0.15) is 12.0 Å². The van der Waals surface area contributed by atoms with E-state index in [2.05, 4.69) is 18.2 Å². The molecule has 3 rings (SSSR count). The lowest BCUT2D eigenvalue weighted by atomic mass is 9.97. The lowest BCUT2D eigenvalue weighted by Gasteiger charge is -2.09. The van der Waals surface area contributed by atoms with Crippen LogP contribution in [0, 0.1) is 23.2 Å². The molecule has 0 aromatic heterocycles. The van der Waals surface area contributed by atoms with Gasteiger partial charge in [0.2, 0.25) is 0 Å². The maximum atomic E-state index is 9.32. The minimum absolute atomic E-state index is 0.312. The smallest absolute Gasteiger partial charge is 0.126 e. The van der Waals surface area contributed by atoms with Crippen LogP contribution in [0.5, 0.6) is 11.5 Å². The third kappa shape index (κ3) is 2.34. The van der Waals surface area contributed by atoms with E-state index in [1.54, 1.807) is 14.2 Å². The maximum absolute atomic E-state index is 9.32. The molecule has 3 heteroatoms. The number of fused-ring (bicyclic) bond motifs is 2. The Hall–Kier alpha value is -2.47. The second kappa shape index (κ2) is 5.49. The van der Waals surface area contributed by atoms with Crippen molar-refractivity contribution in [2.75, 3.05) is 14.2 Å². The number of nitrogens with zero attached hydrogens (tertiary/aromatic N) is 1. The van der Waals surface area contributed by atoms with Crippen molar-refractivity contribution in [1.82, 2.24) is 0 Å². The summed E-state index contributed by atoms with van der Waals surface area (Å²) in [6.07, 6.45) is 9.44. The van der Waals surface area contributed by atoms with Crippen LogP contribution in [0.2, 0.25) is 0 Å². The van der Waals surface area contributed by atoms with Crippen molar-refractivity contribution in [3.05, 3.63) is 53.1 Å². The van der Waals surface area contributed by atoms with Gasteiger partial charge < -0.3 is 9.47 Å². The van der Waals surface area contributed by atoms with E-state index in [1.807, 2.05) is 30.4 Å². The van der Waals surface area contributed by atoms with Crippen LogP contribution < -0.4 is 9.47 Å². The van der Waals surface area contributed by atoms with Crippen LogP contribution in [0.3, 0.4) is 0 Å². The van der Waals surface area contributed by atoms with Crippen molar-refractivity contribution in [2.24, 2.45) is 11.8 Å². The minimum atomic E-state index is 0.312. The predicted octanol–water partition coefficient (Wildman–Crippen LogP) is 3.74. The summed E-state index contributed by atoms with van der Waals surface area (Å²) < 4.78 is 10.6. The first-order valence-electron chi connectivity index (χ1n) is 6.99. The quantitative estimate of drug-likeness (QED) is 0.788. The summed E-state index contributed by atoms with van der Waals surface area (Å²) in [7, 11) is 3.30. The Labute approximate surface area is 124 Å². The van der Waals surface area contributed by atoms with Crippen molar-refractivity contribution in [1.29, 1.82) is 5.26 Å². The summed E-state index contributed by atoms with van der Waals surface area (Å²) in [6, 6.07) is 8.05. The predicted molar refractivity (Wildman–Crippen MR) is 82.0 cm³/mol. The lowest BCUT2D eigenvalue weighted by molar-refractivity contribution is 0.402. The zero-order valence-corrected chi connectivity index (χ0v) is 12.2. The third-order valence-electron chi connectivity index (χ3n) is 4.16. The first-order chi connectivity index (χ1) is 10.3. The fourth-order valence-corrected chi connectivity index (χ4v) is 3.07. The molecule has 0 unspecified atom stereocenters. The Balaban J connectivity index is 1.93. The molecule has 0 saturated heterocycles. The Bertz CT molecular complexity index is 692. The van der Waals surface area contributed by atoms with Crippen LogP contribution in [-0.2, 0) is 0 Å². The molecule has 2 aliphatic carbocycles. The van der Waals surface area contributed by atoms with Gasteiger partial charge in [0.1, 0.15) is 11.5 Å². The second-order valence-corrected chi connectivity index (χ2v) is 5.26. The summed E-state index contributed by atoms with van der Waals surface area (Å²) in [5.74, 6) is 2.28. The molecule has 2 bridgehead atoms. The van der Waals surface area contributed by atoms with Crippen molar-refractivity contribution < 1.29 is 9.47 Å². The van der Waals surface area contributed by atoms with Crippen LogP contribution in [-0.4, -0.2) is 14.2 Å². The monoisotopic (exact) mass is 279 g/mol. The molecule has 2 aliphatic rings. The number of allylic oxidation sites excluding steroid dienone is 5. The van der Waals surface area contributed by atoms with E-state index in [-0.39, 0.29) is 0 Å². The van der Waals surface area contributed by atoms with Crippen LogP contribution in [0.4, 0.5) is 0 Å². The Morgan fingerprint density at radius 3 is 2.67 bits per heavy atom. The van der Waals surface area contributed by atoms with E-state index in [1.165, 1.54) is 0 Å². The number of rotatable bonds is 4. The molecule has 0 radical (unpaired) electrons. The number of ether oxygens (including phenoxy) is 2. The van der Waals surface area contributed by atoms with E-state index in [4.69, 9.17) is 9.47 Å². The highest BCUT2D eigenvalue weighted by Gasteiger charge is 2.33. The van der Waals surface area contributed by atoms with Gasteiger partial charge in [-0.1, -0.05) is 24.3 Å².